The summed E-state index contributed by atoms with van der Waals surface area (Å²) >= 11 is 0. The monoisotopic (exact) mass is 284 g/mol. The lowest BCUT2D eigenvalue weighted by Crippen LogP contribution is -2.53. The van der Waals surface area contributed by atoms with Crippen molar-refractivity contribution < 1.29 is 14.3 Å². The number of nitrogens with zero attached hydrogens (tertiary/aromatic N) is 1. The molecule has 0 aliphatic carbocycles. The van der Waals surface area contributed by atoms with E-state index in [-0.39, 0.29) is 23.8 Å². The molecule has 0 aromatic heterocycles. The third-order valence-corrected chi connectivity index (χ3v) is 3.95. The van der Waals surface area contributed by atoms with E-state index in [9.17, 15) is 9.59 Å². The van der Waals surface area contributed by atoms with Crippen LogP contribution in [0.4, 0.5) is 0 Å². The smallest absolute Gasteiger partial charge is 0.319 e. The topological polar surface area (TPSA) is 58.6 Å². The number of nitrogens with one attached hydrogen (secondary N) is 1. The highest BCUT2D eigenvalue weighted by Gasteiger charge is 2.31. The Labute approximate surface area is 122 Å². The minimum atomic E-state index is -0.219. The second-order valence-electron chi connectivity index (χ2n) is 6.37. The second-order valence-corrected chi connectivity index (χ2v) is 6.37. The number of rotatable bonds is 5. The Bertz CT molecular complexity index is 342. The summed E-state index contributed by atoms with van der Waals surface area (Å²) in [6, 6.07) is 0.121. The van der Waals surface area contributed by atoms with E-state index in [1.54, 1.807) is 0 Å². The highest BCUT2D eigenvalue weighted by Crippen LogP contribution is 2.24. The number of ether oxygens (including phenoxy) is 1. The number of carbonyl (C=O) groups excluding carboxylic acids is 2. The number of amides is 1. The van der Waals surface area contributed by atoms with Crippen molar-refractivity contribution in [3.05, 3.63) is 0 Å². The first-order valence-electron chi connectivity index (χ1n) is 7.43. The molecule has 1 fully saturated rings. The maximum Gasteiger partial charge on any atom is 0.319 e. The summed E-state index contributed by atoms with van der Waals surface area (Å²) in [5, 5.41) is 3.09. The van der Waals surface area contributed by atoms with E-state index >= 15 is 0 Å². The Morgan fingerprint density at radius 3 is 2.40 bits per heavy atom. The van der Waals surface area contributed by atoms with E-state index in [4.69, 9.17) is 4.74 Å². The van der Waals surface area contributed by atoms with Crippen molar-refractivity contribution in [2.24, 2.45) is 17.8 Å². The molecule has 1 aliphatic heterocycles. The Morgan fingerprint density at radius 2 is 1.90 bits per heavy atom. The first-order chi connectivity index (χ1) is 9.33. The van der Waals surface area contributed by atoms with Crippen molar-refractivity contribution in [1.82, 2.24) is 10.2 Å². The summed E-state index contributed by atoms with van der Waals surface area (Å²) in [7, 11) is 1.41. The molecule has 0 bridgehead atoms. The van der Waals surface area contributed by atoms with E-state index in [1.165, 1.54) is 7.11 Å². The fourth-order valence-electron chi connectivity index (χ4n) is 2.56. The molecule has 1 N–H and O–H groups in total. The van der Waals surface area contributed by atoms with Crippen LogP contribution in [-0.2, 0) is 14.3 Å². The Hall–Kier alpha value is -1.10. The zero-order valence-electron chi connectivity index (χ0n) is 13.3. The largest absolute Gasteiger partial charge is 0.468 e. The number of hydrogen-bond donors (Lipinski definition) is 1. The number of methoxy groups -OCH3 is 1. The average Bonchev–Trinajstić information content (AvgIpc) is 2.37. The van der Waals surface area contributed by atoms with E-state index in [1.807, 2.05) is 13.8 Å². The molecule has 116 valence electrons. The van der Waals surface area contributed by atoms with E-state index in [0.29, 0.717) is 18.4 Å². The summed E-state index contributed by atoms with van der Waals surface area (Å²) in [6.45, 7) is 10.1. The van der Waals surface area contributed by atoms with Crippen LogP contribution in [0.1, 0.15) is 34.1 Å². The Balaban J connectivity index is 2.65. The van der Waals surface area contributed by atoms with Crippen LogP contribution in [0.25, 0.3) is 0 Å². The van der Waals surface area contributed by atoms with Crippen molar-refractivity contribution in [2.45, 2.75) is 40.2 Å². The van der Waals surface area contributed by atoms with Gasteiger partial charge in [-0.25, -0.2) is 0 Å². The molecule has 1 aliphatic rings. The van der Waals surface area contributed by atoms with Gasteiger partial charge in [-0.1, -0.05) is 27.7 Å². The first kappa shape index (κ1) is 17.0. The molecule has 20 heavy (non-hydrogen) atoms. The standard InChI is InChI=1S/C15H28N2O3/c1-10(2)12-6-13(16-15(19)11(3)4)8-17(7-12)9-14(18)20-5/h10-13H,6-9H2,1-5H3,(H,16,19). The summed E-state index contributed by atoms with van der Waals surface area (Å²) in [5.74, 6) is 0.879. The summed E-state index contributed by atoms with van der Waals surface area (Å²) in [4.78, 5) is 25.4. The van der Waals surface area contributed by atoms with Gasteiger partial charge < -0.3 is 10.1 Å². The average molecular weight is 284 g/mol. The highest BCUT2D eigenvalue weighted by atomic mass is 16.5. The molecule has 1 saturated heterocycles. The molecule has 5 heteroatoms. The van der Waals surface area contributed by atoms with E-state index < -0.39 is 0 Å². The quantitative estimate of drug-likeness (QED) is 0.773. The molecular formula is C15H28N2O3. The zero-order chi connectivity index (χ0) is 15.3. The molecular weight excluding hydrogens is 256 g/mol. The minimum Gasteiger partial charge on any atom is -0.468 e. The Morgan fingerprint density at radius 1 is 1.25 bits per heavy atom. The lowest BCUT2D eigenvalue weighted by molar-refractivity contribution is -0.142. The molecule has 0 saturated carbocycles. The number of hydrogen-bond acceptors (Lipinski definition) is 4. The highest BCUT2D eigenvalue weighted by molar-refractivity contribution is 5.78. The van der Waals surface area contributed by atoms with Crippen LogP contribution < -0.4 is 5.32 Å². The van der Waals surface area contributed by atoms with Crippen LogP contribution in [0.2, 0.25) is 0 Å². The van der Waals surface area contributed by atoms with Gasteiger partial charge in [0.25, 0.3) is 0 Å². The van der Waals surface area contributed by atoms with Gasteiger partial charge in [-0.2, -0.15) is 0 Å². The SMILES string of the molecule is COC(=O)CN1CC(NC(=O)C(C)C)CC(C(C)C)C1. The van der Waals surface area contributed by atoms with E-state index in [2.05, 4.69) is 24.1 Å². The van der Waals surface area contributed by atoms with E-state index in [0.717, 1.165) is 19.5 Å². The van der Waals surface area contributed by atoms with Gasteiger partial charge in [0.1, 0.15) is 0 Å². The van der Waals surface area contributed by atoms with Crippen molar-refractivity contribution in [2.75, 3.05) is 26.7 Å². The zero-order valence-corrected chi connectivity index (χ0v) is 13.3. The van der Waals surface area contributed by atoms with Gasteiger partial charge in [0, 0.05) is 25.0 Å². The van der Waals surface area contributed by atoms with Crippen LogP contribution in [-0.4, -0.2) is 49.6 Å². The maximum atomic E-state index is 11.9. The van der Waals surface area contributed by atoms with Gasteiger partial charge in [-0.3, -0.25) is 14.5 Å². The second kappa shape index (κ2) is 7.62. The van der Waals surface area contributed by atoms with Crippen LogP contribution in [0.5, 0.6) is 0 Å². The van der Waals surface area contributed by atoms with Crippen molar-refractivity contribution >= 4 is 11.9 Å². The van der Waals surface area contributed by atoms with Gasteiger partial charge in [0.05, 0.1) is 13.7 Å². The van der Waals surface area contributed by atoms with Gasteiger partial charge in [0.2, 0.25) is 5.91 Å². The predicted molar refractivity (Wildman–Crippen MR) is 78.2 cm³/mol. The molecule has 1 heterocycles. The van der Waals surface area contributed by atoms with Crippen LogP contribution >= 0.6 is 0 Å². The number of esters is 1. The number of likely N-dealkylation sites (tertiary alicyclic amines) is 1. The molecule has 0 aromatic rings. The normalized spacial score (nSPS) is 23.9. The van der Waals surface area contributed by atoms with Gasteiger partial charge in [-0.15, -0.1) is 0 Å². The van der Waals surface area contributed by atoms with Crippen LogP contribution in [0.3, 0.4) is 0 Å². The lowest BCUT2D eigenvalue weighted by Gasteiger charge is -2.39. The molecule has 1 rings (SSSR count). The fraction of sp³-hybridized carbons (Fsp3) is 0.867. The molecule has 2 atom stereocenters. The molecule has 0 aromatic carbocycles. The van der Waals surface area contributed by atoms with Gasteiger partial charge >= 0.3 is 5.97 Å². The predicted octanol–water partition coefficient (Wildman–Crippen LogP) is 1.28. The molecule has 1 amide bonds. The minimum absolute atomic E-state index is 0.0107. The fourth-order valence-corrected chi connectivity index (χ4v) is 2.56. The number of piperidine rings is 1. The number of carbonyl (C=O) groups is 2. The third kappa shape index (κ3) is 5.12. The lowest BCUT2D eigenvalue weighted by atomic mass is 9.85. The summed E-state index contributed by atoms with van der Waals surface area (Å²) < 4.78 is 4.74. The third-order valence-electron chi connectivity index (χ3n) is 3.95. The van der Waals surface area contributed by atoms with Crippen molar-refractivity contribution in [3.63, 3.8) is 0 Å². The molecule has 0 spiro atoms. The molecule has 2 unspecified atom stereocenters. The van der Waals surface area contributed by atoms with Gasteiger partial charge in [0.15, 0.2) is 0 Å². The Kier molecular flexibility index (Phi) is 6.46. The first-order valence-corrected chi connectivity index (χ1v) is 7.43. The van der Waals surface area contributed by atoms with Crippen molar-refractivity contribution in [3.8, 4) is 0 Å². The van der Waals surface area contributed by atoms with Crippen LogP contribution in [0, 0.1) is 17.8 Å². The van der Waals surface area contributed by atoms with Gasteiger partial charge in [-0.05, 0) is 18.3 Å². The van der Waals surface area contributed by atoms with Crippen LogP contribution in [0.15, 0.2) is 0 Å². The molecule has 5 nitrogen and oxygen atoms in total. The summed E-state index contributed by atoms with van der Waals surface area (Å²) in [6.07, 6.45) is 0.980. The van der Waals surface area contributed by atoms with Crippen molar-refractivity contribution in [1.29, 1.82) is 0 Å². The molecule has 0 radical (unpaired) electrons. The summed E-state index contributed by atoms with van der Waals surface area (Å²) in [5.41, 5.74) is 0. The maximum absolute atomic E-state index is 11.9.